The van der Waals surface area contributed by atoms with Crippen LogP contribution in [0.25, 0.3) is 0 Å². The second-order valence-electron chi connectivity index (χ2n) is 3.99. The van der Waals surface area contributed by atoms with Crippen molar-refractivity contribution in [1.82, 2.24) is 0 Å². The van der Waals surface area contributed by atoms with Gasteiger partial charge in [0.25, 0.3) is 0 Å². The number of ketones is 1. The molecular formula is C11H22N4O5. The highest BCUT2D eigenvalue weighted by Crippen LogP contribution is 1.94. The van der Waals surface area contributed by atoms with Gasteiger partial charge in [0.2, 0.25) is 0 Å². The fourth-order valence-corrected chi connectivity index (χ4v) is 0.926. The van der Waals surface area contributed by atoms with Crippen molar-refractivity contribution in [3.05, 3.63) is 0 Å². The molecule has 0 bridgehead atoms. The largest absolute Gasteiger partial charge is 0.481 e. The van der Waals surface area contributed by atoms with E-state index in [1.165, 1.54) is 6.92 Å². The van der Waals surface area contributed by atoms with Crippen molar-refractivity contribution in [2.75, 3.05) is 6.54 Å². The summed E-state index contributed by atoms with van der Waals surface area (Å²) in [5.41, 5.74) is 15.3. The van der Waals surface area contributed by atoms with Crippen molar-refractivity contribution in [2.24, 2.45) is 22.2 Å². The summed E-state index contributed by atoms with van der Waals surface area (Å²) < 4.78 is 0. The van der Waals surface area contributed by atoms with Crippen molar-refractivity contribution in [3.8, 4) is 0 Å². The molecule has 20 heavy (non-hydrogen) atoms. The number of carbonyl (C=O) groups is 3. The molecule has 0 aliphatic carbocycles. The number of rotatable bonds is 8. The van der Waals surface area contributed by atoms with Crippen LogP contribution in [-0.4, -0.2) is 46.5 Å². The standard InChI is InChI=1S/C6H14N4O2.C5H8O3/c7-4(5(11)12)2-1-3-10-6(8)9;1-4(6)2-3-5(7)8/h4H,1-3,7H2,(H,11,12)(H4,8,9,10);2-3H2,1H3,(H,7,8). The quantitative estimate of drug-likeness (QED) is 0.212. The summed E-state index contributed by atoms with van der Waals surface area (Å²) in [6, 6.07) is -0.820. The molecule has 1 atom stereocenters. The van der Waals surface area contributed by atoms with Crippen LogP contribution >= 0.6 is 0 Å². The van der Waals surface area contributed by atoms with Crippen molar-refractivity contribution >= 4 is 23.7 Å². The maximum absolute atomic E-state index is 10.2. The molecule has 0 heterocycles. The molecule has 0 rings (SSSR count). The minimum Gasteiger partial charge on any atom is -0.481 e. The van der Waals surface area contributed by atoms with Crippen molar-refractivity contribution < 1.29 is 24.6 Å². The Morgan fingerprint density at radius 2 is 1.70 bits per heavy atom. The lowest BCUT2D eigenvalue weighted by Gasteiger charge is -2.03. The Kier molecular flexibility index (Phi) is 12.0. The lowest BCUT2D eigenvalue weighted by molar-refractivity contribution is -0.139. The SMILES string of the molecule is CC(=O)CCC(=O)O.NC(N)=NCCCC(N)C(=O)O. The second-order valence-corrected chi connectivity index (χ2v) is 3.99. The lowest BCUT2D eigenvalue weighted by Crippen LogP contribution is -2.30. The maximum atomic E-state index is 10.2. The van der Waals surface area contributed by atoms with E-state index < -0.39 is 18.0 Å². The molecule has 116 valence electrons. The third-order valence-corrected chi connectivity index (χ3v) is 1.98. The molecule has 0 aromatic rings. The molecule has 1 unspecified atom stereocenters. The highest BCUT2D eigenvalue weighted by Gasteiger charge is 2.09. The molecule has 8 N–H and O–H groups in total. The zero-order valence-electron chi connectivity index (χ0n) is 11.4. The van der Waals surface area contributed by atoms with E-state index in [-0.39, 0.29) is 24.6 Å². The van der Waals surface area contributed by atoms with Gasteiger partial charge in [0.05, 0.1) is 6.42 Å². The number of Topliss-reactive ketones (excluding diaryl/α,β-unsaturated/α-hetero) is 1. The topological polar surface area (TPSA) is 182 Å². The number of carboxylic acid groups (broad SMARTS) is 2. The first-order valence-electron chi connectivity index (χ1n) is 5.91. The lowest BCUT2D eigenvalue weighted by atomic mass is 10.2. The number of aliphatic imine (C=N–C) groups is 1. The van der Waals surface area contributed by atoms with E-state index in [2.05, 4.69) is 4.99 Å². The summed E-state index contributed by atoms with van der Waals surface area (Å²) in [6.45, 7) is 1.80. The molecule has 0 fully saturated rings. The van der Waals surface area contributed by atoms with E-state index in [0.717, 1.165) is 0 Å². The molecule has 0 amide bonds. The first-order valence-corrected chi connectivity index (χ1v) is 5.91. The summed E-state index contributed by atoms with van der Waals surface area (Å²) in [5, 5.41) is 16.4. The Morgan fingerprint density at radius 3 is 2.00 bits per heavy atom. The summed E-state index contributed by atoms with van der Waals surface area (Å²) in [6.07, 6.45) is 1.06. The molecule has 0 aliphatic heterocycles. The summed E-state index contributed by atoms with van der Waals surface area (Å²) in [4.78, 5) is 33.7. The number of nitrogens with zero attached hydrogens (tertiary/aromatic N) is 1. The molecule has 9 heteroatoms. The first-order chi connectivity index (χ1) is 9.16. The van der Waals surface area contributed by atoms with Gasteiger partial charge in [-0.1, -0.05) is 0 Å². The predicted molar refractivity (Wildman–Crippen MR) is 73.1 cm³/mol. The van der Waals surface area contributed by atoms with E-state index in [1.54, 1.807) is 0 Å². The number of hydrogen-bond acceptors (Lipinski definition) is 5. The van der Waals surface area contributed by atoms with Gasteiger partial charge in [-0.15, -0.1) is 0 Å². The minimum absolute atomic E-state index is 0.0129. The highest BCUT2D eigenvalue weighted by molar-refractivity contribution is 5.80. The van der Waals surface area contributed by atoms with Crippen LogP contribution in [-0.2, 0) is 14.4 Å². The summed E-state index contributed by atoms with van der Waals surface area (Å²) >= 11 is 0. The van der Waals surface area contributed by atoms with Crippen molar-refractivity contribution in [2.45, 2.75) is 38.6 Å². The van der Waals surface area contributed by atoms with E-state index in [4.69, 9.17) is 27.4 Å². The second kappa shape index (κ2) is 11.9. The monoisotopic (exact) mass is 290 g/mol. The summed E-state index contributed by atoms with van der Waals surface area (Å²) in [5.74, 6) is -1.98. The van der Waals surface area contributed by atoms with Gasteiger partial charge in [-0.05, 0) is 19.8 Å². The van der Waals surface area contributed by atoms with Gasteiger partial charge in [0.15, 0.2) is 5.96 Å². The third-order valence-electron chi connectivity index (χ3n) is 1.98. The van der Waals surface area contributed by atoms with Crippen LogP contribution in [0.5, 0.6) is 0 Å². The Balaban J connectivity index is 0. The van der Waals surface area contributed by atoms with E-state index >= 15 is 0 Å². The van der Waals surface area contributed by atoms with Gasteiger partial charge in [-0.3, -0.25) is 14.6 Å². The van der Waals surface area contributed by atoms with Gasteiger partial charge in [0.1, 0.15) is 11.8 Å². The Bertz CT molecular complexity index is 339. The summed E-state index contributed by atoms with van der Waals surface area (Å²) in [7, 11) is 0. The molecule has 0 aliphatic rings. The molecule has 0 saturated carbocycles. The number of carboxylic acids is 2. The molecule has 0 saturated heterocycles. The molecular weight excluding hydrogens is 268 g/mol. The minimum atomic E-state index is -1.00. The molecule has 0 radical (unpaired) electrons. The van der Waals surface area contributed by atoms with Crippen molar-refractivity contribution in [1.29, 1.82) is 0 Å². The number of aliphatic carboxylic acids is 2. The van der Waals surface area contributed by atoms with Crippen LogP contribution in [0.15, 0.2) is 4.99 Å². The number of hydrogen-bond donors (Lipinski definition) is 5. The maximum Gasteiger partial charge on any atom is 0.320 e. The van der Waals surface area contributed by atoms with E-state index in [0.29, 0.717) is 19.4 Å². The Labute approximate surface area is 116 Å². The Hall–Kier alpha value is -2.16. The zero-order chi connectivity index (χ0) is 16.1. The average Bonchev–Trinajstić information content (AvgIpc) is 2.32. The normalized spacial score (nSPS) is 10.7. The number of guanidine groups is 1. The van der Waals surface area contributed by atoms with Gasteiger partial charge in [-0.2, -0.15) is 0 Å². The van der Waals surface area contributed by atoms with E-state index in [9.17, 15) is 14.4 Å². The van der Waals surface area contributed by atoms with Crippen LogP contribution in [0, 0.1) is 0 Å². The fourth-order valence-electron chi connectivity index (χ4n) is 0.926. The molecule has 0 aromatic carbocycles. The molecule has 0 aromatic heterocycles. The molecule has 0 spiro atoms. The first kappa shape index (κ1) is 20.2. The third kappa shape index (κ3) is 18.2. The predicted octanol–water partition coefficient (Wildman–Crippen LogP) is -1.11. The zero-order valence-corrected chi connectivity index (χ0v) is 11.4. The van der Waals surface area contributed by atoms with Crippen LogP contribution in [0.3, 0.4) is 0 Å². The average molecular weight is 290 g/mol. The van der Waals surface area contributed by atoms with Gasteiger partial charge in [0, 0.05) is 13.0 Å². The van der Waals surface area contributed by atoms with Gasteiger partial charge >= 0.3 is 11.9 Å². The van der Waals surface area contributed by atoms with Crippen LogP contribution in [0.1, 0.15) is 32.6 Å². The smallest absolute Gasteiger partial charge is 0.320 e. The van der Waals surface area contributed by atoms with Crippen LogP contribution in [0.4, 0.5) is 0 Å². The number of nitrogens with two attached hydrogens (primary N) is 3. The van der Waals surface area contributed by atoms with E-state index in [1.807, 2.05) is 0 Å². The highest BCUT2D eigenvalue weighted by atomic mass is 16.4. The van der Waals surface area contributed by atoms with Gasteiger partial charge in [-0.25, -0.2) is 0 Å². The molecule has 9 nitrogen and oxygen atoms in total. The van der Waals surface area contributed by atoms with Crippen molar-refractivity contribution in [3.63, 3.8) is 0 Å². The fraction of sp³-hybridized carbons (Fsp3) is 0.636. The van der Waals surface area contributed by atoms with Gasteiger partial charge < -0.3 is 32.2 Å². The number of carbonyl (C=O) groups excluding carboxylic acids is 1. The van der Waals surface area contributed by atoms with Crippen LogP contribution in [0.2, 0.25) is 0 Å². The Morgan fingerprint density at radius 1 is 1.15 bits per heavy atom. The van der Waals surface area contributed by atoms with Crippen LogP contribution < -0.4 is 17.2 Å².